The predicted molar refractivity (Wildman–Crippen MR) is 187 cm³/mol. The number of hydrogen-bond acceptors (Lipinski definition) is 5. The van der Waals surface area contributed by atoms with E-state index in [4.69, 9.17) is 19.9 Å². The lowest BCUT2D eigenvalue weighted by molar-refractivity contribution is 1.07. The molecule has 0 aliphatic carbocycles. The maximum absolute atomic E-state index is 5.10. The van der Waals surface area contributed by atoms with Gasteiger partial charge in [-0.3, -0.25) is 0 Å². The second kappa shape index (κ2) is 10.4. The number of hydrogen-bond donors (Lipinski definition) is 0. The van der Waals surface area contributed by atoms with Crippen molar-refractivity contribution in [1.82, 2.24) is 19.9 Å². The van der Waals surface area contributed by atoms with E-state index in [1.165, 1.54) is 31.1 Å². The van der Waals surface area contributed by atoms with Gasteiger partial charge in [-0.25, -0.2) is 19.9 Å². The van der Waals surface area contributed by atoms with E-state index in [-0.39, 0.29) is 0 Å². The van der Waals surface area contributed by atoms with Gasteiger partial charge in [-0.1, -0.05) is 109 Å². The minimum Gasteiger partial charge on any atom is -0.244 e. The summed E-state index contributed by atoms with van der Waals surface area (Å²) in [4.78, 5) is 20.3. The lowest BCUT2D eigenvalue weighted by atomic mass is 10.0. The highest BCUT2D eigenvalue weighted by molar-refractivity contribution is 7.25. The van der Waals surface area contributed by atoms with Crippen LogP contribution in [-0.2, 0) is 0 Å². The van der Waals surface area contributed by atoms with E-state index in [0.29, 0.717) is 23.2 Å². The minimum atomic E-state index is 0.550. The quantitative estimate of drug-likeness (QED) is 0.204. The van der Waals surface area contributed by atoms with Crippen molar-refractivity contribution in [2.24, 2.45) is 0 Å². The fourth-order valence-corrected chi connectivity index (χ4v) is 7.22. The normalized spacial score (nSPS) is 11.6. The van der Waals surface area contributed by atoms with E-state index in [2.05, 4.69) is 133 Å². The van der Waals surface area contributed by atoms with Crippen molar-refractivity contribution in [3.8, 4) is 45.4 Å². The van der Waals surface area contributed by atoms with Crippen LogP contribution in [0.2, 0.25) is 0 Å². The lowest BCUT2D eigenvalue weighted by Gasteiger charge is -2.10. The first-order valence-corrected chi connectivity index (χ1v) is 15.7. The molecule has 0 fully saturated rings. The molecule has 0 saturated heterocycles. The second-order valence-corrected chi connectivity index (χ2v) is 12.2. The first kappa shape index (κ1) is 25.7. The van der Waals surface area contributed by atoms with Gasteiger partial charge in [0.15, 0.2) is 17.5 Å². The molecule has 6 aromatic carbocycles. The van der Waals surface area contributed by atoms with Crippen molar-refractivity contribution < 1.29 is 0 Å². The third-order valence-electron chi connectivity index (χ3n) is 8.31. The summed E-state index contributed by atoms with van der Waals surface area (Å²) in [5.74, 6) is 1.81. The molecule has 0 atom stereocenters. The molecule has 0 aliphatic rings. The van der Waals surface area contributed by atoms with Crippen LogP contribution in [0, 0.1) is 0 Å². The summed E-state index contributed by atoms with van der Waals surface area (Å²) < 4.78 is 2.45. The van der Waals surface area contributed by atoms with E-state index in [0.717, 1.165) is 33.0 Å². The zero-order chi connectivity index (χ0) is 29.7. The van der Waals surface area contributed by atoms with Crippen molar-refractivity contribution in [3.63, 3.8) is 0 Å². The highest BCUT2D eigenvalue weighted by Crippen LogP contribution is 2.39. The van der Waals surface area contributed by atoms with Gasteiger partial charge in [0.2, 0.25) is 0 Å². The van der Waals surface area contributed by atoms with Crippen molar-refractivity contribution in [3.05, 3.63) is 146 Å². The van der Waals surface area contributed by atoms with E-state index >= 15 is 0 Å². The number of thiophene rings is 1. The zero-order valence-electron chi connectivity index (χ0n) is 24.1. The molecule has 0 bridgehead atoms. The molecule has 0 amide bonds. The molecule has 9 rings (SSSR count). The van der Waals surface area contributed by atoms with Gasteiger partial charge in [0.25, 0.3) is 0 Å². The molecular formula is C40H24N4S. The summed E-state index contributed by atoms with van der Waals surface area (Å²) >= 11 is 1.79. The Kier molecular flexibility index (Phi) is 5.96. The molecule has 4 nitrogen and oxygen atoms in total. The molecule has 0 radical (unpaired) electrons. The molecular weight excluding hydrogens is 569 g/mol. The summed E-state index contributed by atoms with van der Waals surface area (Å²) in [6, 6.07) is 50.5. The summed E-state index contributed by atoms with van der Waals surface area (Å²) in [5.41, 5.74) is 5.88. The SMILES string of the molecule is c1ccc(-c2ccc3nc(-c4nc(-c5ccc6ccccc6c5)nc(-c5cccc6sc7ccccc7c56)n4)ccc3c2)cc1. The highest BCUT2D eigenvalue weighted by Gasteiger charge is 2.18. The summed E-state index contributed by atoms with van der Waals surface area (Å²) in [6.07, 6.45) is 0. The van der Waals surface area contributed by atoms with Crippen LogP contribution in [0.25, 0.3) is 87.3 Å². The summed E-state index contributed by atoms with van der Waals surface area (Å²) in [6.45, 7) is 0. The van der Waals surface area contributed by atoms with Crippen LogP contribution >= 0.6 is 11.3 Å². The van der Waals surface area contributed by atoms with Crippen LogP contribution in [0.5, 0.6) is 0 Å². The Labute approximate surface area is 263 Å². The van der Waals surface area contributed by atoms with Crippen molar-refractivity contribution in [1.29, 1.82) is 0 Å². The smallest absolute Gasteiger partial charge is 0.182 e. The lowest BCUT2D eigenvalue weighted by Crippen LogP contribution is -2.01. The third-order valence-corrected chi connectivity index (χ3v) is 9.45. The molecule has 0 saturated carbocycles. The monoisotopic (exact) mass is 592 g/mol. The zero-order valence-corrected chi connectivity index (χ0v) is 24.9. The van der Waals surface area contributed by atoms with Crippen LogP contribution in [-0.4, -0.2) is 19.9 Å². The fraction of sp³-hybridized carbons (Fsp3) is 0. The van der Waals surface area contributed by atoms with Gasteiger partial charge in [0, 0.05) is 36.7 Å². The largest absolute Gasteiger partial charge is 0.244 e. The minimum absolute atomic E-state index is 0.550. The summed E-state index contributed by atoms with van der Waals surface area (Å²) in [7, 11) is 0. The van der Waals surface area contributed by atoms with Crippen LogP contribution < -0.4 is 0 Å². The van der Waals surface area contributed by atoms with Gasteiger partial charge < -0.3 is 0 Å². The van der Waals surface area contributed by atoms with Crippen molar-refractivity contribution in [2.75, 3.05) is 0 Å². The molecule has 3 aromatic heterocycles. The molecule has 0 spiro atoms. The number of rotatable bonds is 4. The summed E-state index contributed by atoms with van der Waals surface area (Å²) in [5, 5.41) is 5.76. The van der Waals surface area contributed by atoms with Crippen molar-refractivity contribution in [2.45, 2.75) is 0 Å². The number of pyridine rings is 1. The first-order valence-electron chi connectivity index (χ1n) is 14.9. The van der Waals surface area contributed by atoms with Gasteiger partial charge >= 0.3 is 0 Å². The second-order valence-electron chi connectivity index (χ2n) is 11.1. The Morgan fingerprint density at radius 1 is 0.400 bits per heavy atom. The van der Waals surface area contributed by atoms with Crippen LogP contribution in [0.3, 0.4) is 0 Å². The van der Waals surface area contributed by atoms with E-state index in [1.807, 2.05) is 12.1 Å². The topological polar surface area (TPSA) is 51.6 Å². The molecule has 210 valence electrons. The maximum atomic E-state index is 5.10. The molecule has 0 N–H and O–H groups in total. The molecule has 45 heavy (non-hydrogen) atoms. The fourth-order valence-electron chi connectivity index (χ4n) is 6.09. The van der Waals surface area contributed by atoms with E-state index in [9.17, 15) is 0 Å². The molecule has 0 unspecified atom stereocenters. The van der Waals surface area contributed by atoms with Gasteiger partial charge in [0.05, 0.1) is 5.52 Å². The van der Waals surface area contributed by atoms with Gasteiger partial charge in [-0.15, -0.1) is 11.3 Å². The maximum Gasteiger partial charge on any atom is 0.182 e. The van der Waals surface area contributed by atoms with Crippen LogP contribution in [0.15, 0.2) is 146 Å². The third kappa shape index (κ3) is 4.53. The molecule has 0 aliphatic heterocycles. The average Bonchev–Trinajstić information content (AvgIpc) is 3.50. The van der Waals surface area contributed by atoms with Gasteiger partial charge in [0.1, 0.15) is 5.69 Å². The number of fused-ring (bicyclic) bond motifs is 5. The Morgan fingerprint density at radius 2 is 1.11 bits per heavy atom. The van der Waals surface area contributed by atoms with Crippen LogP contribution in [0.4, 0.5) is 0 Å². The number of aromatic nitrogens is 4. The predicted octanol–water partition coefficient (Wildman–Crippen LogP) is 10.6. The standard InChI is InChI=1S/C40H24N4S/c1-2-9-25(10-3-1)28-19-21-33-29(23-28)20-22-34(41-33)40-43-38(30-18-17-26-11-4-5-12-27(26)24-30)42-39(44-40)32-14-8-16-36-37(32)31-13-6-7-15-35(31)45-36/h1-24H. The van der Waals surface area contributed by atoms with E-state index in [1.54, 1.807) is 11.3 Å². The van der Waals surface area contributed by atoms with Gasteiger partial charge in [-0.05, 0) is 58.3 Å². The Bertz CT molecular complexity index is 2550. The Balaban J connectivity index is 1.25. The van der Waals surface area contributed by atoms with Crippen molar-refractivity contribution >= 4 is 53.2 Å². The molecule has 9 aromatic rings. The van der Waals surface area contributed by atoms with E-state index < -0.39 is 0 Å². The van der Waals surface area contributed by atoms with Crippen LogP contribution in [0.1, 0.15) is 0 Å². The highest BCUT2D eigenvalue weighted by atomic mass is 32.1. The average molecular weight is 593 g/mol. The molecule has 3 heterocycles. The molecule has 5 heteroatoms. The Hall–Kier alpha value is -5.78. The van der Waals surface area contributed by atoms with Gasteiger partial charge in [-0.2, -0.15) is 0 Å². The Morgan fingerprint density at radius 3 is 2.04 bits per heavy atom. The first-order chi connectivity index (χ1) is 22.3. The number of benzene rings is 6. The number of nitrogens with zero attached hydrogens (tertiary/aromatic N) is 4.